The Labute approximate surface area is 165 Å². The molecule has 150 valence electrons. The highest BCUT2D eigenvalue weighted by atomic mass is 16.2. The Kier molecular flexibility index (Phi) is 5.82. The van der Waals surface area contributed by atoms with Crippen molar-refractivity contribution < 1.29 is 19.2 Å². The minimum absolute atomic E-state index is 0.169. The third kappa shape index (κ3) is 3.79. The molecule has 1 spiro atoms. The fourth-order valence-electron chi connectivity index (χ4n) is 4.20. The van der Waals surface area contributed by atoms with Gasteiger partial charge in [-0.1, -0.05) is 49.6 Å². The van der Waals surface area contributed by atoms with Crippen molar-refractivity contribution in [2.24, 2.45) is 0 Å². The zero-order valence-corrected chi connectivity index (χ0v) is 16.4. The molecule has 4 amide bonds. The molecule has 0 radical (unpaired) electrons. The summed E-state index contributed by atoms with van der Waals surface area (Å²) in [7, 11) is 1.64. The van der Waals surface area contributed by atoms with Gasteiger partial charge in [0.15, 0.2) is 5.78 Å². The highest BCUT2D eigenvalue weighted by Gasteiger charge is 2.55. The first kappa shape index (κ1) is 20.0. The number of carbonyl (C=O) groups excluding carboxylic acids is 4. The molecule has 0 aromatic heterocycles. The van der Waals surface area contributed by atoms with Crippen molar-refractivity contribution in [2.45, 2.75) is 57.0 Å². The number of carbonyl (C=O) groups is 4. The highest BCUT2D eigenvalue weighted by Crippen LogP contribution is 2.39. The molecular formula is C21H27N3O4. The predicted molar refractivity (Wildman–Crippen MR) is 103 cm³/mol. The number of Topliss-reactive ketones (excluding diaryl/α,β-unsaturated/α-hetero) is 1. The number of hydrogen-bond acceptors (Lipinski definition) is 4. The van der Waals surface area contributed by atoms with Crippen molar-refractivity contribution in [3.05, 3.63) is 35.9 Å². The third-order valence-electron chi connectivity index (χ3n) is 5.89. The minimum atomic E-state index is -0.806. The number of benzene rings is 1. The first-order valence-corrected chi connectivity index (χ1v) is 9.78. The zero-order valence-electron chi connectivity index (χ0n) is 16.4. The Balaban J connectivity index is 1.67. The van der Waals surface area contributed by atoms with Crippen LogP contribution in [0, 0.1) is 0 Å². The fraction of sp³-hybridized carbons (Fsp3) is 0.524. The molecule has 1 saturated carbocycles. The van der Waals surface area contributed by atoms with Crippen LogP contribution in [-0.4, -0.2) is 58.6 Å². The van der Waals surface area contributed by atoms with Gasteiger partial charge in [-0.05, 0) is 31.7 Å². The van der Waals surface area contributed by atoms with Gasteiger partial charge in [-0.25, -0.2) is 4.79 Å². The van der Waals surface area contributed by atoms with E-state index in [4.69, 9.17) is 0 Å². The molecule has 0 bridgehead atoms. The lowest BCUT2D eigenvalue weighted by molar-refractivity contribution is -0.137. The monoisotopic (exact) mass is 385 g/mol. The highest BCUT2D eigenvalue weighted by molar-refractivity contribution is 6.09. The van der Waals surface area contributed by atoms with Crippen LogP contribution in [0.25, 0.3) is 0 Å². The van der Waals surface area contributed by atoms with E-state index < -0.39 is 23.5 Å². The second-order valence-electron chi connectivity index (χ2n) is 7.75. The molecular weight excluding hydrogens is 358 g/mol. The second kappa shape index (κ2) is 8.12. The van der Waals surface area contributed by atoms with E-state index in [1.54, 1.807) is 7.05 Å². The number of imide groups is 1. The van der Waals surface area contributed by atoms with E-state index in [0.29, 0.717) is 19.3 Å². The third-order valence-corrected chi connectivity index (χ3v) is 5.89. The molecule has 7 heteroatoms. The summed E-state index contributed by atoms with van der Waals surface area (Å²) in [6, 6.07) is 8.26. The summed E-state index contributed by atoms with van der Waals surface area (Å²) in [5.74, 6) is -0.964. The molecule has 1 saturated heterocycles. The van der Waals surface area contributed by atoms with Crippen molar-refractivity contribution in [1.29, 1.82) is 0 Å². The zero-order chi connectivity index (χ0) is 20.3. The lowest BCUT2D eigenvalue weighted by Crippen LogP contribution is -2.50. The molecule has 28 heavy (non-hydrogen) atoms. The van der Waals surface area contributed by atoms with Crippen molar-refractivity contribution in [2.75, 3.05) is 13.6 Å². The standard InChI is InChI=1S/C21H27N3O4/c1-15(25)17(13-16-9-5-3-6-10-16)22-18(26)14-24-19(27)21(23(2)20(24)28)11-7-4-8-12-21/h3,5-6,9-10,17H,4,7-8,11-14H2,1-2H3,(H,22,26)/t17-/m1/s1. The molecule has 2 fully saturated rings. The lowest BCUT2D eigenvalue weighted by Gasteiger charge is -2.35. The van der Waals surface area contributed by atoms with Gasteiger partial charge in [0, 0.05) is 7.05 Å². The lowest BCUT2D eigenvalue weighted by atomic mass is 9.81. The molecule has 0 unspecified atom stereocenters. The van der Waals surface area contributed by atoms with Gasteiger partial charge in [0.25, 0.3) is 5.91 Å². The molecule has 2 aliphatic rings. The summed E-state index contributed by atoms with van der Waals surface area (Å²) in [5, 5.41) is 2.69. The first-order chi connectivity index (χ1) is 13.3. The Morgan fingerprint density at radius 3 is 2.36 bits per heavy atom. The van der Waals surface area contributed by atoms with Crippen LogP contribution in [0.4, 0.5) is 4.79 Å². The van der Waals surface area contributed by atoms with Gasteiger partial charge in [-0.2, -0.15) is 0 Å². The number of hydrogen-bond donors (Lipinski definition) is 1. The van der Waals surface area contributed by atoms with E-state index in [0.717, 1.165) is 29.7 Å². The number of urea groups is 1. The number of ketones is 1. The Morgan fingerprint density at radius 1 is 1.11 bits per heavy atom. The summed E-state index contributed by atoms with van der Waals surface area (Å²) in [6.07, 6.45) is 4.48. The minimum Gasteiger partial charge on any atom is -0.344 e. The second-order valence-corrected chi connectivity index (χ2v) is 7.75. The molecule has 1 aliphatic heterocycles. The summed E-state index contributed by atoms with van der Waals surface area (Å²) >= 11 is 0. The topological polar surface area (TPSA) is 86.8 Å². The van der Waals surface area contributed by atoms with Gasteiger partial charge in [-0.15, -0.1) is 0 Å². The van der Waals surface area contributed by atoms with Gasteiger partial charge in [0.2, 0.25) is 5.91 Å². The van der Waals surface area contributed by atoms with Crippen molar-refractivity contribution in [3.8, 4) is 0 Å². The van der Waals surface area contributed by atoms with Crippen LogP contribution in [0.15, 0.2) is 30.3 Å². The van der Waals surface area contributed by atoms with Crippen LogP contribution in [-0.2, 0) is 20.8 Å². The number of nitrogens with one attached hydrogen (secondary N) is 1. The SMILES string of the molecule is CC(=O)[C@@H](Cc1ccccc1)NC(=O)CN1C(=O)N(C)C2(CCCCC2)C1=O. The predicted octanol–water partition coefficient (Wildman–Crippen LogP) is 1.90. The Morgan fingerprint density at radius 2 is 1.75 bits per heavy atom. The maximum Gasteiger partial charge on any atom is 0.327 e. The van der Waals surface area contributed by atoms with E-state index in [9.17, 15) is 19.2 Å². The first-order valence-electron chi connectivity index (χ1n) is 9.78. The number of rotatable bonds is 6. The molecule has 1 heterocycles. The van der Waals surface area contributed by atoms with E-state index in [1.807, 2.05) is 30.3 Å². The smallest absolute Gasteiger partial charge is 0.327 e. The summed E-state index contributed by atoms with van der Waals surface area (Å²) < 4.78 is 0. The van der Waals surface area contributed by atoms with E-state index in [-0.39, 0.29) is 18.2 Å². The molecule has 1 aromatic rings. The van der Waals surface area contributed by atoms with Crippen molar-refractivity contribution in [1.82, 2.24) is 15.1 Å². The van der Waals surface area contributed by atoms with Crippen molar-refractivity contribution in [3.63, 3.8) is 0 Å². The molecule has 3 rings (SSSR count). The molecule has 1 aromatic carbocycles. The average molecular weight is 385 g/mol. The largest absolute Gasteiger partial charge is 0.344 e. The van der Waals surface area contributed by atoms with E-state index in [2.05, 4.69) is 5.32 Å². The number of nitrogens with zero attached hydrogens (tertiary/aromatic N) is 2. The number of likely N-dealkylation sites (N-methyl/N-ethyl adjacent to an activating group) is 1. The van der Waals surface area contributed by atoms with Crippen LogP contribution >= 0.6 is 0 Å². The molecule has 7 nitrogen and oxygen atoms in total. The maximum absolute atomic E-state index is 13.0. The van der Waals surface area contributed by atoms with Crippen LogP contribution in [0.5, 0.6) is 0 Å². The van der Waals surface area contributed by atoms with E-state index in [1.165, 1.54) is 11.8 Å². The summed E-state index contributed by atoms with van der Waals surface area (Å²) in [5.41, 5.74) is 0.122. The van der Waals surface area contributed by atoms with Crippen LogP contribution < -0.4 is 5.32 Å². The summed E-state index contributed by atoms with van der Waals surface area (Å²) in [6.45, 7) is 1.06. The fourth-order valence-corrected chi connectivity index (χ4v) is 4.20. The van der Waals surface area contributed by atoms with Gasteiger partial charge in [0.1, 0.15) is 12.1 Å². The maximum atomic E-state index is 13.0. The van der Waals surface area contributed by atoms with Gasteiger partial charge in [0.05, 0.1) is 6.04 Å². The summed E-state index contributed by atoms with van der Waals surface area (Å²) in [4.78, 5) is 52.6. The quantitative estimate of drug-likeness (QED) is 0.758. The van der Waals surface area contributed by atoms with Gasteiger partial charge < -0.3 is 10.2 Å². The van der Waals surface area contributed by atoms with E-state index >= 15 is 0 Å². The number of amides is 4. The Hall–Kier alpha value is -2.70. The van der Waals surface area contributed by atoms with Crippen LogP contribution in [0.3, 0.4) is 0 Å². The van der Waals surface area contributed by atoms with Gasteiger partial charge in [-0.3, -0.25) is 19.3 Å². The molecule has 1 aliphatic carbocycles. The molecule has 1 N–H and O–H groups in total. The molecule has 1 atom stereocenters. The average Bonchev–Trinajstić information content (AvgIpc) is 2.85. The van der Waals surface area contributed by atoms with Gasteiger partial charge >= 0.3 is 6.03 Å². The normalized spacial score (nSPS) is 19.8. The van der Waals surface area contributed by atoms with Crippen molar-refractivity contribution >= 4 is 23.6 Å². The van der Waals surface area contributed by atoms with Crippen LogP contribution in [0.1, 0.15) is 44.6 Å². The Bertz CT molecular complexity index is 771. The van der Waals surface area contributed by atoms with Crippen LogP contribution in [0.2, 0.25) is 0 Å².